The fraction of sp³-hybridized carbons (Fsp3) is 0.0606. The van der Waals surface area contributed by atoms with Gasteiger partial charge in [-0.2, -0.15) is 0 Å². The van der Waals surface area contributed by atoms with E-state index in [9.17, 15) is 4.79 Å². The summed E-state index contributed by atoms with van der Waals surface area (Å²) in [6.07, 6.45) is 0.867. The van der Waals surface area contributed by atoms with Crippen molar-refractivity contribution < 1.29 is 4.79 Å². The van der Waals surface area contributed by atoms with E-state index in [-0.39, 0.29) is 0 Å². The van der Waals surface area contributed by atoms with Crippen molar-refractivity contribution in [2.24, 2.45) is 5.84 Å². The van der Waals surface area contributed by atoms with Gasteiger partial charge in [-0.25, -0.2) is 5.84 Å². The van der Waals surface area contributed by atoms with Gasteiger partial charge < -0.3 is 4.90 Å². The number of carbonyl (C=O) groups is 1. The van der Waals surface area contributed by atoms with E-state index in [1.165, 1.54) is 11.1 Å². The third-order valence-corrected chi connectivity index (χ3v) is 5.94. The monoisotopic (exact) mass is 485 g/mol. The first kappa shape index (κ1) is 25.4. The lowest BCUT2D eigenvalue weighted by molar-refractivity contribution is 0.112. The first-order chi connectivity index (χ1) is 18.0. The number of carbonyl (C=O) groups excluding carboxylic acids is 1. The molecule has 0 aliphatic carbocycles. The van der Waals surface area contributed by atoms with Crippen LogP contribution in [0, 0.1) is 13.8 Å². The molecule has 4 heteroatoms. The van der Waals surface area contributed by atoms with Crippen LogP contribution in [0.25, 0.3) is 0 Å². The van der Waals surface area contributed by atoms with E-state index in [0.717, 1.165) is 34.7 Å². The molecule has 184 valence electrons. The molecule has 2 N–H and O–H groups in total. The van der Waals surface area contributed by atoms with E-state index >= 15 is 0 Å². The second-order valence-electron chi connectivity index (χ2n) is 8.76. The highest BCUT2D eigenvalue weighted by atomic mass is 16.1. The standard InChI is InChI=1S/C21H19NO.C12H12N2/c1-16-3-9-19(10-4-16)22(20-11-5-17(2)6-12-20)21-13-7-18(15-23)8-14-21;13-14(11-7-3-1-4-8-11)12-9-5-2-6-10-12/h3-15H,1-2H3;1-10H,13H2. The van der Waals surface area contributed by atoms with Crippen LogP contribution in [0.2, 0.25) is 0 Å². The van der Waals surface area contributed by atoms with Crippen molar-refractivity contribution in [2.45, 2.75) is 13.8 Å². The molecule has 0 aliphatic heterocycles. The normalized spacial score (nSPS) is 10.1. The van der Waals surface area contributed by atoms with Crippen LogP contribution in [-0.4, -0.2) is 6.29 Å². The van der Waals surface area contributed by atoms with Gasteiger partial charge in [0.2, 0.25) is 0 Å². The summed E-state index contributed by atoms with van der Waals surface area (Å²) in [5.41, 5.74) is 8.33. The van der Waals surface area contributed by atoms with Gasteiger partial charge in [0.25, 0.3) is 0 Å². The second-order valence-corrected chi connectivity index (χ2v) is 8.76. The fourth-order valence-corrected chi connectivity index (χ4v) is 3.86. The van der Waals surface area contributed by atoms with Gasteiger partial charge in [-0.1, -0.05) is 71.8 Å². The van der Waals surface area contributed by atoms with Gasteiger partial charge in [0.05, 0.1) is 11.4 Å². The minimum absolute atomic E-state index is 0.682. The summed E-state index contributed by atoms with van der Waals surface area (Å²) in [5, 5.41) is 1.67. The van der Waals surface area contributed by atoms with E-state index in [4.69, 9.17) is 5.84 Å². The lowest BCUT2D eigenvalue weighted by Gasteiger charge is -2.25. The molecule has 5 aromatic carbocycles. The van der Waals surface area contributed by atoms with E-state index in [0.29, 0.717) is 5.56 Å². The highest BCUT2D eigenvalue weighted by molar-refractivity contribution is 5.80. The Morgan fingerprint density at radius 2 is 0.838 bits per heavy atom. The van der Waals surface area contributed by atoms with Crippen LogP contribution >= 0.6 is 0 Å². The van der Waals surface area contributed by atoms with E-state index in [1.54, 1.807) is 5.01 Å². The van der Waals surface area contributed by atoms with Crippen molar-refractivity contribution in [3.63, 3.8) is 0 Å². The van der Waals surface area contributed by atoms with Gasteiger partial charge in [-0.15, -0.1) is 0 Å². The molecule has 0 saturated heterocycles. The van der Waals surface area contributed by atoms with Gasteiger partial charge in [0, 0.05) is 22.6 Å². The van der Waals surface area contributed by atoms with Gasteiger partial charge in [-0.05, 0) is 86.6 Å². The summed E-state index contributed by atoms with van der Waals surface area (Å²) in [7, 11) is 0. The molecule has 0 amide bonds. The lowest BCUT2D eigenvalue weighted by Crippen LogP contribution is -2.24. The number of aldehydes is 1. The van der Waals surface area contributed by atoms with Crippen LogP contribution in [0.3, 0.4) is 0 Å². The Labute approximate surface area is 219 Å². The molecule has 0 radical (unpaired) electrons. The van der Waals surface area contributed by atoms with E-state index in [1.807, 2.05) is 84.9 Å². The number of para-hydroxylation sites is 2. The molecule has 4 nitrogen and oxygen atoms in total. The maximum atomic E-state index is 10.9. The molecule has 0 spiro atoms. The number of hydrogen-bond donors (Lipinski definition) is 1. The van der Waals surface area contributed by atoms with Crippen LogP contribution in [0.1, 0.15) is 21.5 Å². The van der Waals surface area contributed by atoms with Crippen molar-refractivity contribution >= 4 is 34.7 Å². The molecule has 0 aromatic heterocycles. The number of hydrazine groups is 1. The number of rotatable bonds is 6. The van der Waals surface area contributed by atoms with Gasteiger partial charge in [-0.3, -0.25) is 9.80 Å². The van der Waals surface area contributed by atoms with Crippen LogP contribution in [-0.2, 0) is 0 Å². The second kappa shape index (κ2) is 12.3. The minimum Gasteiger partial charge on any atom is -0.311 e. The molecule has 0 heterocycles. The molecule has 0 fully saturated rings. The lowest BCUT2D eigenvalue weighted by atomic mass is 10.1. The number of aryl methyl sites for hydroxylation is 2. The van der Waals surface area contributed by atoms with Crippen molar-refractivity contribution in [2.75, 3.05) is 9.91 Å². The van der Waals surface area contributed by atoms with Crippen LogP contribution in [0.4, 0.5) is 28.4 Å². The molecule has 0 unspecified atom stereocenters. The first-order valence-corrected chi connectivity index (χ1v) is 12.2. The number of hydrogen-bond acceptors (Lipinski definition) is 4. The fourth-order valence-electron chi connectivity index (χ4n) is 3.86. The third-order valence-electron chi connectivity index (χ3n) is 5.94. The topological polar surface area (TPSA) is 49.6 Å². The Morgan fingerprint density at radius 1 is 0.486 bits per heavy atom. The van der Waals surface area contributed by atoms with Gasteiger partial charge >= 0.3 is 0 Å². The minimum atomic E-state index is 0.682. The summed E-state index contributed by atoms with van der Waals surface area (Å²) < 4.78 is 0. The van der Waals surface area contributed by atoms with E-state index < -0.39 is 0 Å². The number of nitrogens with two attached hydrogens (primary N) is 1. The molecule has 37 heavy (non-hydrogen) atoms. The quantitative estimate of drug-likeness (QED) is 0.149. The Kier molecular flexibility index (Phi) is 8.48. The Morgan fingerprint density at radius 3 is 1.19 bits per heavy atom. The smallest absolute Gasteiger partial charge is 0.150 e. The zero-order valence-electron chi connectivity index (χ0n) is 21.2. The highest BCUT2D eigenvalue weighted by Crippen LogP contribution is 2.34. The van der Waals surface area contributed by atoms with Crippen LogP contribution < -0.4 is 15.8 Å². The average Bonchev–Trinajstić information content (AvgIpc) is 2.96. The Balaban J connectivity index is 0.000000195. The molecular weight excluding hydrogens is 454 g/mol. The molecule has 5 rings (SSSR count). The number of anilines is 5. The molecule has 0 saturated carbocycles. The summed E-state index contributed by atoms with van der Waals surface area (Å²) >= 11 is 0. The molecule has 5 aromatic rings. The largest absolute Gasteiger partial charge is 0.311 e. The van der Waals surface area contributed by atoms with Crippen LogP contribution in [0.5, 0.6) is 0 Å². The van der Waals surface area contributed by atoms with Crippen molar-refractivity contribution in [1.82, 2.24) is 0 Å². The van der Waals surface area contributed by atoms with Gasteiger partial charge in [0.15, 0.2) is 0 Å². The Bertz CT molecular complexity index is 1300. The average molecular weight is 486 g/mol. The summed E-state index contributed by atoms with van der Waals surface area (Å²) in [4.78, 5) is 13.1. The van der Waals surface area contributed by atoms with Gasteiger partial charge in [0.1, 0.15) is 6.29 Å². The maximum absolute atomic E-state index is 10.9. The maximum Gasteiger partial charge on any atom is 0.150 e. The van der Waals surface area contributed by atoms with Crippen molar-refractivity contribution in [3.05, 3.63) is 150 Å². The number of benzene rings is 5. The molecular formula is C33H31N3O. The predicted molar refractivity (Wildman–Crippen MR) is 155 cm³/mol. The summed E-state index contributed by atoms with van der Waals surface area (Å²) in [5.74, 6) is 5.95. The highest BCUT2D eigenvalue weighted by Gasteiger charge is 2.12. The molecule has 0 bridgehead atoms. The zero-order chi connectivity index (χ0) is 26.0. The summed E-state index contributed by atoms with van der Waals surface area (Å²) in [6, 6.07) is 44.3. The Hall–Kier alpha value is -4.67. The molecule has 0 atom stereocenters. The predicted octanol–water partition coefficient (Wildman–Crippen LogP) is 8.28. The number of nitrogens with zero attached hydrogens (tertiary/aromatic N) is 2. The first-order valence-electron chi connectivity index (χ1n) is 12.2. The van der Waals surface area contributed by atoms with E-state index in [2.05, 4.69) is 67.3 Å². The van der Waals surface area contributed by atoms with Crippen molar-refractivity contribution in [3.8, 4) is 0 Å². The zero-order valence-corrected chi connectivity index (χ0v) is 21.2. The van der Waals surface area contributed by atoms with Crippen LogP contribution in [0.15, 0.2) is 133 Å². The summed E-state index contributed by atoms with van der Waals surface area (Å²) in [6.45, 7) is 4.16. The van der Waals surface area contributed by atoms with Crippen molar-refractivity contribution in [1.29, 1.82) is 0 Å². The third kappa shape index (κ3) is 6.72. The molecule has 0 aliphatic rings. The SMILES string of the molecule is Cc1ccc(N(c2ccc(C)cc2)c2ccc(C=O)cc2)cc1.NN(c1ccccc1)c1ccccc1.